The zero-order valence-corrected chi connectivity index (χ0v) is 18.4. The summed E-state index contributed by atoms with van der Waals surface area (Å²) in [5.74, 6) is -3.49. The molecule has 0 aliphatic rings. The van der Waals surface area contributed by atoms with Gasteiger partial charge in [-0.05, 0) is 25.5 Å². The zero-order chi connectivity index (χ0) is 23.8. The number of nitrogens with one attached hydrogen (secondary N) is 1. The molecule has 10 heteroatoms. The fourth-order valence-corrected chi connectivity index (χ4v) is 3.34. The molecule has 0 saturated carbocycles. The number of carbonyl (C=O) groups excluding carboxylic acids is 1. The number of unbranched alkanes of at least 4 members (excludes halogenated alkanes) is 1. The van der Waals surface area contributed by atoms with Gasteiger partial charge < -0.3 is 15.1 Å². The second-order valence-corrected chi connectivity index (χ2v) is 7.37. The molecule has 32 heavy (non-hydrogen) atoms. The highest BCUT2D eigenvalue weighted by Crippen LogP contribution is 2.32. The highest BCUT2D eigenvalue weighted by atomic mass is 35.5. The summed E-state index contributed by atoms with van der Waals surface area (Å²) in [6.07, 6.45) is 5.73. The molecule has 0 amide bonds. The van der Waals surface area contributed by atoms with Crippen molar-refractivity contribution in [1.29, 1.82) is 0 Å². The van der Waals surface area contributed by atoms with Gasteiger partial charge in [0, 0.05) is 36.2 Å². The van der Waals surface area contributed by atoms with Crippen LogP contribution in [0.4, 0.5) is 13.2 Å². The van der Waals surface area contributed by atoms with E-state index in [1.165, 1.54) is 18.4 Å². The Kier molecular flexibility index (Phi) is 9.07. The van der Waals surface area contributed by atoms with Crippen molar-refractivity contribution in [1.82, 2.24) is 9.99 Å². The Balaban J connectivity index is 2.55. The number of nitrogens with two attached hydrogens (primary N) is 1. The molecule has 1 aromatic carbocycles. The van der Waals surface area contributed by atoms with Crippen LogP contribution in [-0.4, -0.2) is 23.1 Å². The number of allylic oxidation sites excluding steroid dienone is 1. The topological polar surface area (TPSA) is 89.5 Å². The average molecular weight is 469 g/mol. The van der Waals surface area contributed by atoms with Gasteiger partial charge in [-0.1, -0.05) is 31.4 Å². The predicted octanol–water partition coefficient (Wildman–Crippen LogP) is 4.24. The Morgan fingerprint density at radius 2 is 1.91 bits per heavy atom. The second kappa shape index (κ2) is 11.5. The van der Waals surface area contributed by atoms with Gasteiger partial charge in [0.15, 0.2) is 0 Å². The van der Waals surface area contributed by atoms with Crippen molar-refractivity contribution in [2.24, 2.45) is 10.8 Å². The molecule has 0 bridgehead atoms. The van der Waals surface area contributed by atoms with Gasteiger partial charge in [-0.3, -0.25) is 10.2 Å². The molecule has 1 heterocycles. The van der Waals surface area contributed by atoms with E-state index in [4.69, 9.17) is 17.3 Å². The summed E-state index contributed by atoms with van der Waals surface area (Å²) in [6, 6.07) is 1.76. The number of carbonyl (C=O) groups is 1. The number of hydrazone groups is 1. The standard InChI is InChI=1S/C22H24ClF3N4O2/c1-3-5-6-14(12-31)29-28-8-7-19(27)15-11-16(23)22(32)30(4-2)21(15)20-17(25)9-13(24)10-18(20)26/h7-12,14,29H,3-6,27H2,1-2H3/t14-/m0/s1. The van der Waals surface area contributed by atoms with E-state index in [-0.39, 0.29) is 28.5 Å². The van der Waals surface area contributed by atoms with Crippen molar-refractivity contribution < 1.29 is 18.0 Å². The molecule has 0 unspecified atom stereocenters. The minimum absolute atomic E-state index is 0.00557. The fraction of sp³-hybridized carbons (Fsp3) is 0.318. The van der Waals surface area contributed by atoms with Crippen LogP contribution in [0.2, 0.25) is 5.02 Å². The van der Waals surface area contributed by atoms with Crippen LogP contribution in [0, 0.1) is 17.5 Å². The van der Waals surface area contributed by atoms with E-state index in [1.807, 2.05) is 6.92 Å². The molecule has 2 rings (SSSR count). The number of benzene rings is 1. The molecule has 0 saturated heterocycles. The Morgan fingerprint density at radius 1 is 1.25 bits per heavy atom. The lowest BCUT2D eigenvalue weighted by molar-refractivity contribution is -0.109. The number of pyridine rings is 1. The maximum atomic E-state index is 14.6. The molecular weight excluding hydrogens is 445 g/mol. The molecule has 1 aromatic heterocycles. The Bertz CT molecular complexity index is 1080. The lowest BCUT2D eigenvalue weighted by Gasteiger charge is -2.18. The summed E-state index contributed by atoms with van der Waals surface area (Å²) in [4.78, 5) is 23.6. The summed E-state index contributed by atoms with van der Waals surface area (Å²) >= 11 is 6.03. The molecule has 3 N–H and O–H groups in total. The normalized spacial score (nSPS) is 12.9. The van der Waals surface area contributed by atoms with Crippen molar-refractivity contribution in [3.05, 3.63) is 62.7 Å². The number of hydrogen-bond donors (Lipinski definition) is 2. The second-order valence-electron chi connectivity index (χ2n) is 6.96. The van der Waals surface area contributed by atoms with Crippen LogP contribution in [0.5, 0.6) is 0 Å². The van der Waals surface area contributed by atoms with E-state index in [1.54, 1.807) is 6.92 Å². The molecule has 0 spiro atoms. The van der Waals surface area contributed by atoms with E-state index >= 15 is 0 Å². The van der Waals surface area contributed by atoms with Crippen LogP contribution in [0.1, 0.15) is 38.7 Å². The van der Waals surface area contributed by atoms with Gasteiger partial charge >= 0.3 is 0 Å². The van der Waals surface area contributed by atoms with Crippen LogP contribution < -0.4 is 16.7 Å². The van der Waals surface area contributed by atoms with E-state index in [0.29, 0.717) is 18.6 Å². The maximum absolute atomic E-state index is 14.6. The SMILES string of the molecule is CCCC[C@@H](C=O)NN=CC=C(N)c1cc(Cl)c(=O)n(CC)c1-c1c(F)cc(F)cc1F. The molecule has 0 aliphatic carbocycles. The lowest BCUT2D eigenvalue weighted by atomic mass is 10.0. The first-order valence-corrected chi connectivity index (χ1v) is 10.4. The molecule has 6 nitrogen and oxygen atoms in total. The molecule has 0 aliphatic heterocycles. The summed E-state index contributed by atoms with van der Waals surface area (Å²) in [6.45, 7) is 3.62. The van der Waals surface area contributed by atoms with Gasteiger partial charge in [-0.2, -0.15) is 5.10 Å². The van der Waals surface area contributed by atoms with Gasteiger partial charge in [0.05, 0.1) is 17.3 Å². The largest absolute Gasteiger partial charge is 0.398 e. The van der Waals surface area contributed by atoms with Crippen LogP contribution in [-0.2, 0) is 11.3 Å². The minimum atomic E-state index is -1.19. The number of aldehydes is 1. The Labute approximate surface area is 188 Å². The van der Waals surface area contributed by atoms with Gasteiger partial charge in [0.25, 0.3) is 5.56 Å². The van der Waals surface area contributed by atoms with Crippen LogP contribution in [0.15, 0.2) is 34.2 Å². The fourth-order valence-electron chi connectivity index (χ4n) is 3.13. The van der Waals surface area contributed by atoms with Gasteiger partial charge in [-0.15, -0.1) is 0 Å². The third kappa shape index (κ3) is 5.79. The number of hydrogen-bond acceptors (Lipinski definition) is 5. The van der Waals surface area contributed by atoms with Crippen molar-refractivity contribution >= 4 is 29.8 Å². The monoisotopic (exact) mass is 468 g/mol. The third-order valence-corrected chi connectivity index (χ3v) is 4.99. The smallest absolute Gasteiger partial charge is 0.269 e. The Hall–Kier alpha value is -3.07. The first kappa shape index (κ1) is 25.2. The van der Waals surface area contributed by atoms with Crippen LogP contribution >= 0.6 is 11.6 Å². The van der Waals surface area contributed by atoms with Gasteiger partial charge in [0.1, 0.15) is 28.8 Å². The average Bonchev–Trinajstić information content (AvgIpc) is 2.74. The quantitative estimate of drug-likeness (QED) is 0.310. The van der Waals surface area contributed by atoms with Crippen LogP contribution in [0.3, 0.4) is 0 Å². The van der Waals surface area contributed by atoms with Crippen molar-refractivity contribution in [2.75, 3.05) is 0 Å². The van der Waals surface area contributed by atoms with Gasteiger partial charge in [-0.25, -0.2) is 13.2 Å². The third-order valence-electron chi connectivity index (χ3n) is 4.72. The van der Waals surface area contributed by atoms with Crippen molar-refractivity contribution in [3.63, 3.8) is 0 Å². The van der Waals surface area contributed by atoms with Gasteiger partial charge in [0.2, 0.25) is 0 Å². The summed E-state index contributed by atoms with van der Waals surface area (Å²) in [7, 11) is 0. The number of halogens is 4. The van der Waals surface area contributed by atoms with E-state index < -0.39 is 34.6 Å². The molecule has 0 fully saturated rings. The molecular formula is C22H24ClF3N4O2. The minimum Gasteiger partial charge on any atom is -0.398 e. The van der Waals surface area contributed by atoms with E-state index in [9.17, 15) is 22.8 Å². The number of rotatable bonds is 10. The first-order chi connectivity index (χ1) is 15.2. The Morgan fingerprint density at radius 3 is 2.47 bits per heavy atom. The molecule has 172 valence electrons. The van der Waals surface area contributed by atoms with E-state index in [0.717, 1.165) is 23.7 Å². The summed E-state index contributed by atoms with van der Waals surface area (Å²) in [5, 5.41) is 3.72. The van der Waals surface area contributed by atoms with E-state index in [2.05, 4.69) is 10.5 Å². The predicted molar refractivity (Wildman–Crippen MR) is 120 cm³/mol. The summed E-state index contributed by atoms with van der Waals surface area (Å²) in [5.41, 5.74) is 7.39. The molecule has 0 radical (unpaired) electrons. The molecule has 1 atom stereocenters. The molecule has 2 aromatic rings. The van der Waals surface area contributed by atoms with Crippen molar-refractivity contribution in [3.8, 4) is 11.3 Å². The number of nitrogens with zero attached hydrogens (tertiary/aromatic N) is 2. The highest BCUT2D eigenvalue weighted by molar-refractivity contribution is 6.30. The summed E-state index contributed by atoms with van der Waals surface area (Å²) < 4.78 is 43.6. The first-order valence-electron chi connectivity index (χ1n) is 10.0. The highest BCUT2D eigenvalue weighted by Gasteiger charge is 2.23. The number of aromatic nitrogens is 1. The zero-order valence-electron chi connectivity index (χ0n) is 17.7. The van der Waals surface area contributed by atoms with Crippen molar-refractivity contribution in [2.45, 2.75) is 45.7 Å². The van der Waals surface area contributed by atoms with Crippen LogP contribution in [0.25, 0.3) is 17.0 Å². The maximum Gasteiger partial charge on any atom is 0.269 e. The lowest BCUT2D eigenvalue weighted by Crippen LogP contribution is -2.25.